The van der Waals surface area contributed by atoms with Crippen molar-refractivity contribution in [3.8, 4) is 11.5 Å². The molecule has 0 spiro atoms. The van der Waals surface area contributed by atoms with Crippen molar-refractivity contribution >= 4 is 57.4 Å². The molecule has 0 fully saturated rings. The first-order chi connectivity index (χ1) is 8.90. The zero-order chi connectivity index (χ0) is 14.2. The summed E-state index contributed by atoms with van der Waals surface area (Å²) in [7, 11) is 0. The summed E-state index contributed by atoms with van der Waals surface area (Å²) < 4.78 is 0.850. The first-order valence-corrected chi connectivity index (χ1v) is 7.65. The predicted molar refractivity (Wildman–Crippen MR) is 87.1 cm³/mol. The molecule has 3 nitrogen and oxygen atoms in total. The second kappa shape index (κ2) is 6.08. The summed E-state index contributed by atoms with van der Waals surface area (Å²) in [6, 6.07) is 1.61. The highest BCUT2D eigenvalue weighted by Crippen LogP contribution is 2.30. The number of aromatic nitrogens is 3. The largest absolute Gasteiger partial charge is 0.250 e. The van der Waals surface area contributed by atoms with Crippen molar-refractivity contribution in [1.82, 2.24) is 15.0 Å². The van der Waals surface area contributed by atoms with E-state index in [1.165, 1.54) is 6.20 Å². The first kappa shape index (κ1) is 15.2. The monoisotopic (exact) mass is 427 g/mol. The summed E-state index contributed by atoms with van der Waals surface area (Å²) in [5.41, 5.74) is 1.36. The van der Waals surface area contributed by atoms with E-state index in [4.69, 9.17) is 34.8 Å². The zero-order valence-electron chi connectivity index (χ0n) is 10.1. The Morgan fingerprint density at radius 3 is 2.42 bits per heavy atom. The molecule has 0 bridgehead atoms. The fourth-order valence-electron chi connectivity index (χ4n) is 1.50. The summed E-state index contributed by atoms with van der Waals surface area (Å²) >= 11 is 20.2. The molecule has 0 atom stereocenters. The zero-order valence-corrected chi connectivity index (χ0v) is 14.5. The molecule has 0 aliphatic heterocycles. The highest BCUT2D eigenvalue weighted by atomic mass is 127. The maximum atomic E-state index is 6.14. The van der Waals surface area contributed by atoms with Crippen molar-refractivity contribution < 1.29 is 0 Å². The molecule has 2 rings (SSSR count). The minimum Gasteiger partial charge on any atom is -0.250 e. The molecule has 100 valence electrons. The molecule has 0 unspecified atom stereocenters. The van der Waals surface area contributed by atoms with Gasteiger partial charge in [0.15, 0.2) is 5.82 Å². The third-order valence-electron chi connectivity index (χ3n) is 2.40. The van der Waals surface area contributed by atoms with Gasteiger partial charge < -0.3 is 0 Å². The van der Waals surface area contributed by atoms with Crippen molar-refractivity contribution in [2.45, 2.75) is 19.8 Å². The molecule has 2 aromatic heterocycles. The maximum absolute atomic E-state index is 6.14. The van der Waals surface area contributed by atoms with E-state index in [2.05, 4.69) is 37.5 Å². The van der Waals surface area contributed by atoms with E-state index in [1.807, 2.05) is 13.8 Å². The molecule has 0 aliphatic carbocycles. The molecule has 0 radical (unpaired) electrons. The Morgan fingerprint density at radius 2 is 1.84 bits per heavy atom. The Labute approximate surface area is 139 Å². The fraction of sp³-hybridized carbons (Fsp3) is 0.250. The lowest BCUT2D eigenvalue weighted by molar-refractivity contribution is 0.807. The van der Waals surface area contributed by atoms with Crippen LogP contribution in [0.4, 0.5) is 0 Å². The normalized spacial score (nSPS) is 11.1. The molecular formula is C12H9Cl3IN3. The van der Waals surface area contributed by atoms with Gasteiger partial charge >= 0.3 is 0 Å². The third-order valence-corrected chi connectivity index (χ3v) is 4.55. The van der Waals surface area contributed by atoms with Gasteiger partial charge in [0.05, 0.1) is 19.3 Å². The van der Waals surface area contributed by atoms with Crippen LogP contribution in [0.15, 0.2) is 12.3 Å². The van der Waals surface area contributed by atoms with Gasteiger partial charge in [0.2, 0.25) is 0 Å². The Morgan fingerprint density at radius 1 is 1.16 bits per heavy atom. The lowest BCUT2D eigenvalue weighted by Gasteiger charge is -2.11. The standard InChI is InChI=1S/C12H9Cl3IN3/c1-5(2)9-8(16)11(15)19-12(18-9)10-7(14)3-6(13)4-17-10/h3-5H,1-2H3. The van der Waals surface area contributed by atoms with E-state index >= 15 is 0 Å². The van der Waals surface area contributed by atoms with E-state index in [9.17, 15) is 0 Å². The predicted octanol–water partition coefficient (Wildman–Crippen LogP) is 5.23. The number of halogens is 4. The minimum absolute atomic E-state index is 0.234. The van der Waals surface area contributed by atoms with Crippen molar-refractivity contribution in [2.24, 2.45) is 0 Å². The average molecular weight is 428 g/mol. The SMILES string of the molecule is CC(C)c1nc(-c2ncc(Cl)cc2Cl)nc(Cl)c1I. The molecule has 0 saturated heterocycles. The van der Waals surface area contributed by atoms with Crippen molar-refractivity contribution in [2.75, 3.05) is 0 Å². The number of hydrogen-bond donors (Lipinski definition) is 0. The van der Waals surface area contributed by atoms with Crippen LogP contribution < -0.4 is 0 Å². The Balaban J connectivity index is 2.63. The van der Waals surface area contributed by atoms with Crippen LogP contribution in [0, 0.1) is 3.57 Å². The van der Waals surface area contributed by atoms with Gasteiger partial charge in [-0.25, -0.2) is 15.0 Å². The van der Waals surface area contributed by atoms with E-state index in [1.54, 1.807) is 6.07 Å². The number of rotatable bonds is 2. The number of pyridine rings is 1. The Hall–Kier alpha value is -0.170. The van der Waals surface area contributed by atoms with Gasteiger partial charge in [-0.3, -0.25) is 0 Å². The van der Waals surface area contributed by atoms with Crippen LogP contribution in [0.1, 0.15) is 25.5 Å². The lowest BCUT2D eigenvalue weighted by Crippen LogP contribution is -2.03. The highest BCUT2D eigenvalue weighted by Gasteiger charge is 2.17. The molecule has 0 aliphatic rings. The molecule has 7 heteroatoms. The second-order valence-corrected chi connectivity index (χ2v) is 6.46. The van der Waals surface area contributed by atoms with Gasteiger partial charge in [-0.1, -0.05) is 48.7 Å². The van der Waals surface area contributed by atoms with Crippen LogP contribution in [0.2, 0.25) is 15.2 Å². The van der Waals surface area contributed by atoms with Crippen molar-refractivity contribution in [1.29, 1.82) is 0 Å². The van der Waals surface area contributed by atoms with Crippen LogP contribution in [0.5, 0.6) is 0 Å². The van der Waals surface area contributed by atoms with E-state index in [0.29, 0.717) is 26.7 Å². The van der Waals surface area contributed by atoms with Gasteiger partial charge in [0.1, 0.15) is 10.8 Å². The van der Waals surface area contributed by atoms with E-state index in [-0.39, 0.29) is 5.92 Å². The highest BCUT2D eigenvalue weighted by molar-refractivity contribution is 14.1. The van der Waals surface area contributed by atoms with Crippen LogP contribution in [-0.4, -0.2) is 15.0 Å². The molecule has 2 aromatic rings. The van der Waals surface area contributed by atoms with Crippen LogP contribution in [0.3, 0.4) is 0 Å². The number of nitrogens with zero attached hydrogens (tertiary/aromatic N) is 3. The molecule has 0 amide bonds. The minimum atomic E-state index is 0.234. The molecule has 0 aromatic carbocycles. The van der Waals surface area contributed by atoms with Crippen molar-refractivity contribution in [3.63, 3.8) is 0 Å². The van der Waals surface area contributed by atoms with Gasteiger partial charge in [-0.05, 0) is 34.6 Å². The maximum Gasteiger partial charge on any atom is 0.181 e. The van der Waals surface area contributed by atoms with Gasteiger partial charge in [0.25, 0.3) is 0 Å². The Kier molecular flexibility index (Phi) is 4.87. The lowest BCUT2D eigenvalue weighted by atomic mass is 10.1. The average Bonchev–Trinajstić information content (AvgIpc) is 2.32. The van der Waals surface area contributed by atoms with Gasteiger partial charge in [-0.15, -0.1) is 0 Å². The summed E-state index contributed by atoms with van der Waals surface area (Å²) in [6.07, 6.45) is 1.51. The topological polar surface area (TPSA) is 38.7 Å². The fourth-order valence-corrected chi connectivity index (χ4v) is 3.01. The summed E-state index contributed by atoms with van der Waals surface area (Å²) in [4.78, 5) is 12.9. The van der Waals surface area contributed by atoms with Crippen LogP contribution >= 0.6 is 57.4 Å². The summed E-state index contributed by atoms with van der Waals surface area (Å²) in [6.45, 7) is 4.09. The molecular weight excluding hydrogens is 419 g/mol. The molecule has 2 heterocycles. The summed E-state index contributed by atoms with van der Waals surface area (Å²) in [5, 5.41) is 1.27. The van der Waals surface area contributed by atoms with E-state index < -0.39 is 0 Å². The second-order valence-electron chi connectivity index (χ2n) is 4.18. The molecule has 0 saturated carbocycles. The van der Waals surface area contributed by atoms with Gasteiger partial charge in [0, 0.05) is 6.20 Å². The van der Waals surface area contributed by atoms with Crippen LogP contribution in [-0.2, 0) is 0 Å². The smallest absolute Gasteiger partial charge is 0.181 e. The van der Waals surface area contributed by atoms with E-state index in [0.717, 1.165) is 9.26 Å². The van der Waals surface area contributed by atoms with Gasteiger partial charge in [-0.2, -0.15) is 0 Å². The number of hydrogen-bond acceptors (Lipinski definition) is 3. The quantitative estimate of drug-likeness (QED) is 0.486. The van der Waals surface area contributed by atoms with Crippen LogP contribution in [0.25, 0.3) is 11.5 Å². The summed E-state index contributed by atoms with van der Waals surface area (Å²) in [5.74, 6) is 0.646. The first-order valence-electron chi connectivity index (χ1n) is 5.44. The third kappa shape index (κ3) is 3.29. The Bertz CT molecular complexity index is 632. The molecule has 0 N–H and O–H groups in total. The molecule has 19 heavy (non-hydrogen) atoms. The van der Waals surface area contributed by atoms with Crippen molar-refractivity contribution in [3.05, 3.63) is 36.7 Å².